The zero-order chi connectivity index (χ0) is 18.8. The summed E-state index contributed by atoms with van der Waals surface area (Å²) in [5.74, 6) is -1.00. The molecule has 1 aliphatic rings. The Labute approximate surface area is 162 Å². The third-order valence-corrected chi connectivity index (χ3v) is 6.95. The lowest BCUT2D eigenvalue weighted by molar-refractivity contribution is -0.145. The number of carbonyl (C=O) groups is 1. The van der Waals surface area contributed by atoms with Gasteiger partial charge in [0.25, 0.3) is 0 Å². The van der Waals surface area contributed by atoms with E-state index in [1.165, 1.54) is 11.4 Å². The normalized spacial score (nSPS) is 23.6. The number of benzene rings is 1. The van der Waals surface area contributed by atoms with Crippen LogP contribution in [0.2, 0.25) is 0 Å². The summed E-state index contributed by atoms with van der Waals surface area (Å²) in [6.07, 6.45) is 0.301. The van der Waals surface area contributed by atoms with Crippen LogP contribution in [0.1, 0.15) is 18.9 Å². The smallest absolute Gasteiger partial charge is 0.324 e. The van der Waals surface area contributed by atoms with Gasteiger partial charge in [-0.2, -0.15) is 4.31 Å². The number of hydrogen-bond acceptors (Lipinski definition) is 5. The molecule has 1 aliphatic heterocycles. The molecule has 0 saturated carbocycles. The predicted octanol–water partition coefficient (Wildman–Crippen LogP) is 2.25. The first kappa shape index (κ1) is 20.3. The van der Waals surface area contributed by atoms with E-state index < -0.39 is 28.0 Å². The lowest BCUT2D eigenvalue weighted by Gasteiger charge is -2.25. The molecule has 0 spiro atoms. The van der Waals surface area contributed by atoms with Gasteiger partial charge < -0.3 is 9.84 Å². The highest BCUT2D eigenvalue weighted by Gasteiger charge is 2.49. The Kier molecular flexibility index (Phi) is 6.63. The molecule has 1 N–H and O–H groups in total. The van der Waals surface area contributed by atoms with Gasteiger partial charge in [-0.05, 0) is 64.1 Å². The zero-order valence-corrected chi connectivity index (χ0v) is 17.4. The number of ether oxygens (including phenoxy) is 1. The van der Waals surface area contributed by atoms with Crippen LogP contribution in [0.5, 0.6) is 0 Å². The Morgan fingerprint density at radius 1 is 1.36 bits per heavy atom. The van der Waals surface area contributed by atoms with E-state index in [1.807, 2.05) is 13.8 Å². The molecular weight excluding hydrogens is 457 g/mol. The van der Waals surface area contributed by atoms with Crippen molar-refractivity contribution in [1.29, 1.82) is 0 Å². The van der Waals surface area contributed by atoms with Gasteiger partial charge in [0.1, 0.15) is 6.04 Å². The summed E-state index contributed by atoms with van der Waals surface area (Å²) in [5, 5.41) is 9.39. The van der Waals surface area contributed by atoms with Crippen LogP contribution in [-0.4, -0.2) is 50.1 Å². The topological polar surface area (TPSA) is 83.9 Å². The molecule has 0 bridgehead atoms. The highest BCUT2D eigenvalue weighted by molar-refractivity contribution is 14.1. The number of allylic oxidation sites excluding steroid dienone is 1. The number of aliphatic hydroxyl groups excluding tert-OH is 1. The van der Waals surface area contributed by atoms with Gasteiger partial charge in [0, 0.05) is 19.1 Å². The number of methoxy groups -OCH3 is 1. The third kappa shape index (κ3) is 4.07. The van der Waals surface area contributed by atoms with Crippen LogP contribution in [-0.2, 0) is 19.6 Å². The van der Waals surface area contributed by atoms with E-state index >= 15 is 0 Å². The Balaban J connectivity index is 2.55. The number of halogens is 1. The fraction of sp³-hybridized carbons (Fsp3) is 0.471. The Morgan fingerprint density at radius 2 is 1.96 bits per heavy atom. The monoisotopic (exact) mass is 479 g/mol. The summed E-state index contributed by atoms with van der Waals surface area (Å²) in [5.41, 5.74) is 1.80. The average molecular weight is 479 g/mol. The molecule has 0 amide bonds. The minimum atomic E-state index is -3.86. The number of rotatable bonds is 5. The molecule has 8 heteroatoms. The van der Waals surface area contributed by atoms with Crippen molar-refractivity contribution < 1.29 is 23.1 Å². The fourth-order valence-electron chi connectivity index (χ4n) is 3.09. The number of aliphatic hydroxyl groups is 1. The number of hydrogen-bond donors (Lipinski definition) is 1. The van der Waals surface area contributed by atoms with Crippen LogP contribution in [0.15, 0.2) is 38.3 Å². The van der Waals surface area contributed by atoms with Gasteiger partial charge in [-0.15, -0.1) is 0 Å². The molecule has 1 aromatic rings. The van der Waals surface area contributed by atoms with Crippen LogP contribution in [0.4, 0.5) is 0 Å². The number of carbonyl (C=O) groups excluding carboxylic acids is 1. The van der Waals surface area contributed by atoms with Crippen molar-refractivity contribution in [3.05, 3.63) is 39.0 Å². The number of esters is 1. The largest absolute Gasteiger partial charge is 0.468 e. The van der Waals surface area contributed by atoms with E-state index in [9.17, 15) is 18.3 Å². The Bertz CT molecular complexity index is 769. The quantitative estimate of drug-likeness (QED) is 0.518. The van der Waals surface area contributed by atoms with Gasteiger partial charge in [0.2, 0.25) is 10.0 Å². The molecule has 0 aromatic heterocycles. The Morgan fingerprint density at radius 3 is 2.44 bits per heavy atom. The minimum Gasteiger partial charge on any atom is -0.468 e. The van der Waals surface area contributed by atoms with Crippen LogP contribution < -0.4 is 0 Å². The van der Waals surface area contributed by atoms with Crippen LogP contribution in [0.3, 0.4) is 0 Å². The minimum absolute atomic E-state index is 0.120. The van der Waals surface area contributed by atoms with Gasteiger partial charge in [-0.25, -0.2) is 8.42 Å². The maximum atomic E-state index is 13.1. The van der Waals surface area contributed by atoms with Crippen molar-refractivity contribution in [2.75, 3.05) is 20.3 Å². The molecule has 1 heterocycles. The predicted molar refractivity (Wildman–Crippen MR) is 103 cm³/mol. The fourth-order valence-corrected chi connectivity index (χ4v) is 5.26. The average Bonchev–Trinajstić information content (AvgIpc) is 2.95. The summed E-state index contributed by atoms with van der Waals surface area (Å²) in [7, 11) is -2.62. The first-order chi connectivity index (χ1) is 11.7. The van der Waals surface area contributed by atoms with Gasteiger partial charge >= 0.3 is 5.97 Å². The molecular formula is C17H22INO5S. The van der Waals surface area contributed by atoms with E-state index in [2.05, 4.69) is 22.6 Å². The van der Waals surface area contributed by atoms with Gasteiger partial charge in [0.15, 0.2) is 0 Å². The molecule has 0 radical (unpaired) electrons. The van der Waals surface area contributed by atoms with E-state index in [0.29, 0.717) is 6.42 Å². The summed E-state index contributed by atoms with van der Waals surface area (Å²) in [6, 6.07) is 5.56. The molecule has 138 valence electrons. The molecule has 6 nitrogen and oxygen atoms in total. The maximum absolute atomic E-state index is 13.1. The molecule has 1 aromatic carbocycles. The number of aryl methyl sites for hydroxylation is 1. The molecule has 2 atom stereocenters. The lowest BCUT2D eigenvalue weighted by Crippen LogP contribution is -2.44. The van der Waals surface area contributed by atoms with Crippen molar-refractivity contribution >= 4 is 38.6 Å². The highest BCUT2D eigenvalue weighted by atomic mass is 127. The number of nitrogens with zero attached hydrogens (tertiary/aromatic N) is 1. The van der Waals surface area contributed by atoms with Crippen molar-refractivity contribution in [3.63, 3.8) is 0 Å². The second-order valence-electron chi connectivity index (χ2n) is 6.01. The van der Waals surface area contributed by atoms with Crippen LogP contribution in [0, 0.1) is 12.8 Å². The molecule has 0 unspecified atom stereocenters. The summed E-state index contributed by atoms with van der Waals surface area (Å²) < 4.78 is 33.2. The highest BCUT2D eigenvalue weighted by Crippen LogP contribution is 2.39. The molecule has 2 rings (SSSR count). The van der Waals surface area contributed by atoms with Gasteiger partial charge in [-0.3, -0.25) is 4.79 Å². The van der Waals surface area contributed by atoms with Crippen LogP contribution in [0.25, 0.3) is 0 Å². The van der Waals surface area contributed by atoms with Crippen molar-refractivity contribution in [3.8, 4) is 0 Å². The van der Waals surface area contributed by atoms with E-state index in [4.69, 9.17) is 4.74 Å². The first-order valence-corrected chi connectivity index (χ1v) is 10.4. The lowest BCUT2D eigenvalue weighted by atomic mass is 9.92. The van der Waals surface area contributed by atoms with Crippen LogP contribution >= 0.6 is 22.6 Å². The Hall–Kier alpha value is -0.970. The SMILES string of the molecule is COC(=O)[C@@H]1[C@@H](CCO)/C(=C(/C)I)CN1S(=O)(=O)c1ccc(C)cc1. The number of sulfonamides is 1. The van der Waals surface area contributed by atoms with E-state index in [-0.39, 0.29) is 18.0 Å². The second kappa shape index (κ2) is 8.15. The zero-order valence-electron chi connectivity index (χ0n) is 14.4. The first-order valence-electron chi connectivity index (χ1n) is 7.86. The summed E-state index contributed by atoms with van der Waals surface area (Å²) in [4.78, 5) is 12.5. The molecule has 25 heavy (non-hydrogen) atoms. The van der Waals surface area contributed by atoms with E-state index in [0.717, 1.165) is 14.7 Å². The summed E-state index contributed by atoms with van der Waals surface area (Å²) >= 11 is 2.13. The van der Waals surface area contributed by atoms with Crippen molar-refractivity contribution in [2.45, 2.75) is 31.2 Å². The van der Waals surface area contributed by atoms with Crippen molar-refractivity contribution in [1.82, 2.24) is 4.31 Å². The molecule has 1 saturated heterocycles. The second-order valence-corrected chi connectivity index (χ2v) is 9.52. The maximum Gasteiger partial charge on any atom is 0.324 e. The third-order valence-electron chi connectivity index (χ3n) is 4.42. The molecule has 1 fully saturated rings. The van der Waals surface area contributed by atoms with Gasteiger partial charge in [0.05, 0.1) is 12.0 Å². The van der Waals surface area contributed by atoms with E-state index in [1.54, 1.807) is 24.3 Å². The molecule has 0 aliphatic carbocycles. The van der Waals surface area contributed by atoms with Crippen molar-refractivity contribution in [2.24, 2.45) is 5.92 Å². The summed E-state index contributed by atoms with van der Waals surface area (Å²) in [6.45, 7) is 3.73. The standard InChI is InChI=1S/C17H22INO5S/c1-11-4-6-13(7-5-11)25(22,23)19-10-15(12(2)18)14(8-9-20)16(19)17(21)24-3/h4-7,14,16,20H,8-10H2,1-3H3/b15-12-/t14-,16-/m0/s1. The van der Waals surface area contributed by atoms with Gasteiger partial charge in [-0.1, -0.05) is 17.7 Å².